The van der Waals surface area contributed by atoms with Crippen LogP contribution in [0.1, 0.15) is 40.0 Å². The van der Waals surface area contributed by atoms with Gasteiger partial charge in [0.05, 0.1) is 6.61 Å². The van der Waals surface area contributed by atoms with Gasteiger partial charge in [0, 0.05) is 5.57 Å². The Morgan fingerprint density at radius 2 is 2.31 bits per heavy atom. The van der Waals surface area contributed by atoms with Gasteiger partial charge in [0.15, 0.2) is 0 Å². The lowest BCUT2D eigenvalue weighted by atomic mass is 9.77. The van der Waals surface area contributed by atoms with E-state index >= 15 is 0 Å². The summed E-state index contributed by atoms with van der Waals surface area (Å²) < 4.78 is 4.97. The molecule has 0 fully saturated rings. The molecule has 0 aliphatic heterocycles. The van der Waals surface area contributed by atoms with Crippen LogP contribution in [0.2, 0.25) is 0 Å². The molecule has 0 aromatic rings. The Balaban J connectivity index is 2.61. The highest BCUT2D eigenvalue weighted by molar-refractivity contribution is 5.88. The van der Waals surface area contributed by atoms with E-state index in [2.05, 4.69) is 13.8 Å². The fourth-order valence-electron chi connectivity index (χ4n) is 1.69. The SMILES string of the molecule is CCOC(=O)C1=CCCC(C)(C)C1. The van der Waals surface area contributed by atoms with Gasteiger partial charge in [-0.15, -0.1) is 0 Å². The van der Waals surface area contributed by atoms with E-state index in [-0.39, 0.29) is 11.4 Å². The Labute approximate surface area is 80.0 Å². The second-order valence-electron chi connectivity index (χ2n) is 4.33. The summed E-state index contributed by atoms with van der Waals surface area (Å²) in [5.41, 5.74) is 1.12. The molecule has 0 bridgehead atoms. The van der Waals surface area contributed by atoms with Crippen molar-refractivity contribution in [2.75, 3.05) is 6.61 Å². The van der Waals surface area contributed by atoms with Gasteiger partial charge in [-0.2, -0.15) is 0 Å². The van der Waals surface area contributed by atoms with Crippen molar-refractivity contribution < 1.29 is 9.53 Å². The molecular weight excluding hydrogens is 164 g/mol. The third-order valence-corrected chi connectivity index (χ3v) is 2.42. The van der Waals surface area contributed by atoms with E-state index in [1.807, 2.05) is 13.0 Å². The van der Waals surface area contributed by atoms with Crippen LogP contribution in [0.3, 0.4) is 0 Å². The van der Waals surface area contributed by atoms with Crippen LogP contribution in [0, 0.1) is 5.41 Å². The molecule has 0 unspecified atom stereocenters. The summed E-state index contributed by atoms with van der Waals surface area (Å²) in [6, 6.07) is 0. The Hall–Kier alpha value is -0.790. The first-order valence-electron chi connectivity index (χ1n) is 4.91. The molecule has 0 saturated heterocycles. The van der Waals surface area contributed by atoms with Gasteiger partial charge in [-0.1, -0.05) is 19.9 Å². The lowest BCUT2D eigenvalue weighted by Gasteiger charge is -2.28. The van der Waals surface area contributed by atoms with E-state index in [1.54, 1.807) is 0 Å². The molecule has 2 nitrogen and oxygen atoms in total. The summed E-state index contributed by atoms with van der Waals surface area (Å²) in [6.45, 7) is 6.70. The van der Waals surface area contributed by atoms with Crippen molar-refractivity contribution in [3.8, 4) is 0 Å². The van der Waals surface area contributed by atoms with Gasteiger partial charge in [0.25, 0.3) is 0 Å². The molecule has 1 aliphatic carbocycles. The van der Waals surface area contributed by atoms with Crippen LogP contribution in [0.4, 0.5) is 0 Å². The van der Waals surface area contributed by atoms with Crippen molar-refractivity contribution in [2.24, 2.45) is 5.41 Å². The largest absolute Gasteiger partial charge is 0.463 e. The van der Waals surface area contributed by atoms with Crippen molar-refractivity contribution in [2.45, 2.75) is 40.0 Å². The van der Waals surface area contributed by atoms with E-state index in [0.29, 0.717) is 6.61 Å². The third-order valence-electron chi connectivity index (χ3n) is 2.42. The smallest absolute Gasteiger partial charge is 0.333 e. The van der Waals surface area contributed by atoms with Crippen LogP contribution >= 0.6 is 0 Å². The summed E-state index contributed by atoms with van der Waals surface area (Å²) in [7, 11) is 0. The Morgan fingerprint density at radius 1 is 1.62 bits per heavy atom. The summed E-state index contributed by atoms with van der Waals surface area (Å²) in [5.74, 6) is -0.129. The number of carbonyl (C=O) groups is 1. The zero-order valence-corrected chi connectivity index (χ0v) is 8.72. The maximum Gasteiger partial charge on any atom is 0.333 e. The zero-order chi connectivity index (χ0) is 9.90. The van der Waals surface area contributed by atoms with Gasteiger partial charge in [-0.05, 0) is 31.6 Å². The molecule has 0 amide bonds. The van der Waals surface area contributed by atoms with Gasteiger partial charge in [-0.25, -0.2) is 4.79 Å². The minimum Gasteiger partial charge on any atom is -0.463 e. The molecule has 0 radical (unpaired) electrons. The molecule has 1 rings (SSSR count). The highest BCUT2D eigenvalue weighted by atomic mass is 16.5. The lowest BCUT2D eigenvalue weighted by molar-refractivity contribution is -0.139. The summed E-state index contributed by atoms with van der Waals surface area (Å²) in [5, 5.41) is 0. The van der Waals surface area contributed by atoms with Crippen LogP contribution in [-0.2, 0) is 9.53 Å². The maximum atomic E-state index is 11.4. The van der Waals surface area contributed by atoms with Crippen LogP contribution < -0.4 is 0 Å². The number of carbonyl (C=O) groups excluding carboxylic acids is 1. The highest BCUT2D eigenvalue weighted by Gasteiger charge is 2.26. The van der Waals surface area contributed by atoms with Crippen molar-refractivity contribution in [1.29, 1.82) is 0 Å². The van der Waals surface area contributed by atoms with Gasteiger partial charge in [0.2, 0.25) is 0 Å². The number of rotatable bonds is 2. The number of hydrogen-bond acceptors (Lipinski definition) is 2. The molecule has 2 heteroatoms. The Bertz CT molecular complexity index is 226. The Morgan fingerprint density at radius 3 is 2.85 bits per heavy atom. The number of allylic oxidation sites excluding steroid dienone is 1. The standard InChI is InChI=1S/C11H18O2/c1-4-13-10(12)9-6-5-7-11(2,3)8-9/h6H,4-5,7-8H2,1-3H3. The van der Waals surface area contributed by atoms with Gasteiger partial charge >= 0.3 is 5.97 Å². The van der Waals surface area contributed by atoms with Crippen molar-refractivity contribution in [3.63, 3.8) is 0 Å². The Kier molecular flexibility index (Phi) is 3.12. The lowest BCUT2D eigenvalue weighted by Crippen LogP contribution is -2.20. The average molecular weight is 182 g/mol. The topological polar surface area (TPSA) is 26.3 Å². The summed E-state index contributed by atoms with van der Waals surface area (Å²) in [4.78, 5) is 11.4. The fourth-order valence-corrected chi connectivity index (χ4v) is 1.69. The van der Waals surface area contributed by atoms with Crippen molar-refractivity contribution in [3.05, 3.63) is 11.6 Å². The van der Waals surface area contributed by atoms with Crippen molar-refractivity contribution in [1.82, 2.24) is 0 Å². The molecule has 0 aromatic heterocycles. The van der Waals surface area contributed by atoms with E-state index in [1.165, 1.54) is 0 Å². The second kappa shape index (κ2) is 3.95. The first kappa shape index (κ1) is 10.3. The molecular formula is C11H18O2. The van der Waals surface area contributed by atoms with E-state index < -0.39 is 0 Å². The monoisotopic (exact) mass is 182 g/mol. The minimum absolute atomic E-state index is 0.129. The molecule has 13 heavy (non-hydrogen) atoms. The molecule has 1 aliphatic rings. The van der Waals surface area contributed by atoms with Crippen LogP contribution in [0.5, 0.6) is 0 Å². The van der Waals surface area contributed by atoms with Crippen LogP contribution in [0.25, 0.3) is 0 Å². The van der Waals surface area contributed by atoms with E-state index in [4.69, 9.17) is 4.74 Å². The van der Waals surface area contributed by atoms with E-state index in [0.717, 1.165) is 24.8 Å². The number of hydrogen-bond donors (Lipinski definition) is 0. The quantitative estimate of drug-likeness (QED) is 0.614. The van der Waals surface area contributed by atoms with Crippen LogP contribution in [0.15, 0.2) is 11.6 Å². The summed E-state index contributed by atoms with van der Waals surface area (Å²) >= 11 is 0. The number of esters is 1. The zero-order valence-electron chi connectivity index (χ0n) is 8.72. The molecule has 0 N–H and O–H groups in total. The fraction of sp³-hybridized carbons (Fsp3) is 0.727. The average Bonchev–Trinajstić information content (AvgIpc) is 2.03. The first-order valence-corrected chi connectivity index (χ1v) is 4.91. The molecule has 74 valence electrons. The molecule has 0 atom stereocenters. The third kappa shape index (κ3) is 2.87. The predicted octanol–water partition coefficient (Wildman–Crippen LogP) is 2.69. The van der Waals surface area contributed by atoms with Gasteiger partial charge in [0.1, 0.15) is 0 Å². The maximum absolute atomic E-state index is 11.4. The summed E-state index contributed by atoms with van der Waals surface area (Å²) in [6.07, 6.45) is 5.03. The molecule has 0 spiro atoms. The van der Waals surface area contributed by atoms with E-state index in [9.17, 15) is 4.79 Å². The molecule has 0 aromatic carbocycles. The van der Waals surface area contributed by atoms with Gasteiger partial charge < -0.3 is 4.74 Å². The van der Waals surface area contributed by atoms with Crippen molar-refractivity contribution >= 4 is 5.97 Å². The normalized spacial score (nSPS) is 20.7. The molecule has 0 heterocycles. The van der Waals surface area contributed by atoms with Crippen LogP contribution in [-0.4, -0.2) is 12.6 Å². The number of ether oxygens (including phenoxy) is 1. The second-order valence-corrected chi connectivity index (χ2v) is 4.33. The minimum atomic E-state index is -0.129. The first-order chi connectivity index (χ1) is 6.05. The molecule has 0 saturated carbocycles. The predicted molar refractivity (Wildman–Crippen MR) is 52.3 cm³/mol. The van der Waals surface area contributed by atoms with Gasteiger partial charge in [-0.3, -0.25) is 0 Å². The highest BCUT2D eigenvalue weighted by Crippen LogP contribution is 2.35.